The van der Waals surface area contributed by atoms with Gasteiger partial charge in [0.05, 0.1) is 11.3 Å². The van der Waals surface area contributed by atoms with Gasteiger partial charge < -0.3 is 15.7 Å². The number of hydrogen-bond acceptors (Lipinski definition) is 5. The quantitative estimate of drug-likeness (QED) is 0.725. The minimum atomic E-state index is -3.72. The van der Waals surface area contributed by atoms with E-state index in [9.17, 15) is 13.2 Å². The average molecular weight is 301 g/mol. The summed E-state index contributed by atoms with van der Waals surface area (Å²) in [6, 6.07) is 3.60. The first-order chi connectivity index (χ1) is 9.16. The Balaban J connectivity index is 3.06. The Morgan fingerprint density at radius 3 is 2.30 bits per heavy atom. The molecule has 0 aliphatic heterocycles. The van der Waals surface area contributed by atoms with Gasteiger partial charge in [-0.05, 0) is 32.3 Å². The number of rotatable bonds is 6. The Morgan fingerprint density at radius 1 is 1.25 bits per heavy atom. The number of likely N-dealkylation sites (N-methyl/N-ethyl adjacent to an activating group) is 2. The van der Waals surface area contributed by atoms with Crippen LogP contribution in [0.25, 0.3) is 0 Å². The van der Waals surface area contributed by atoms with Gasteiger partial charge in [0, 0.05) is 20.1 Å². The van der Waals surface area contributed by atoms with Gasteiger partial charge in [-0.25, -0.2) is 13.2 Å². The van der Waals surface area contributed by atoms with Gasteiger partial charge in [0.2, 0.25) is 10.0 Å². The monoisotopic (exact) mass is 301 g/mol. The molecule has 20 heavy (non-hydrogen) atoms. The molecule has 0 amide bonds. The smallest absolute Gasteiger partial charge is 0.335 e. The van der Waals surface area contributed by atoms with E-state index < -0.39 is 16.0 Å². The van der Waals surface area contributed by atoms with Crippen LogP contribution >= 0.6 is 0 Å². The van der Waals surface area contributed by atoms with Crippen molar-refractivity contribution in [3.05, 3.63) is 23.8 Å². The molecule has 112 valence electrons. The minimum absolute atomic E-state index is 0.0441. The van der Waals surface area contributed by atoms with Crippen molar-refractivity contribution in [2.24, 2.45) is 0 Å². The Bertz CT molecular complexity index is 599. The second-order valence-corrected chi connectivity index (χ2v) is 6.70. The highest BCUT2D eigenvalue weighted by Crippen LogP contribution is 2.22. The van der Waals surface area contributed by atoms with Crippen molar-refractivity contribution in [2.45, 2.75) is 4.90 Å². The fourth-order valence-electron chi connectivity index (χ4n) is 1.55. The highest BCUT2D eigenvalue weighted by molar-refractivity contribution is 7.89. The summed E-state index contributed by atoms with van der Waals surface area (Å²) < 4.78 is 25.8. The number of carboxylic acids is 1. The van der Waals surface area contributed by atoms with Crippen LogP contribution in [0, 0.1) is 0 Å². The average Bonchev–Trinajstić information content (AvgIpc) is 2.35. The number of anilines is 1. The Kier molecular flexibility index (Phi) is 5.09. The van der Waals surface area contributed by atoms with Crippen molar-refractivity contribution in [3.8, 4) is 0 Å². The molecule has 0 unspecified atom stereocenters. The lowest BCUT2D eigenvalue weighted by molar-refractivity contribution is 0.0697. The number of sulfonamides is 1. The molecule has 1 aromatic rings. The number of nitrogen functional groups attached to an aromatic ring is 1. The van der Waals surface area contributed by atoms with Crippen molar-refractivity contribution in [1.82, 2.24) is 9.21 Å². The van der Waals surface area contributed by atoms with E-state index in [1.807, 2.05) is 19.0 Å². The van der Waals surface area contributed by atoms with Gasteiger partial charge in [0.25, 0.3) is 0 Å². The van der Waals surface area contributed by atoms with Gasteiger partial charge in [-0.2, -0.15) is 4.31 Å². The van der Waals surface area contributed by atoms with Crippen molar-refractivity contribution in [2.75, 3.05) is 40.0 Å². The van der Waals surface area contributed by atoms with Crippen LogP contribution in [0.5, 0.6) is 0 Å². The number of hydrogen-bond donors (Lipinski definition) is 2. The van der Waals surface area contributed by atoms with Crippen LogP contribution in [0.15, 0.2) is 23.1 Å². The zero-order chi connectivity index (χ0) is 15.5. The zero-order valence-electron chi connectivity index (χ0n) is 11.7. The second kappa shape index (κ2) is 6.21. The SMILES string of the molecule is CN(C)CCN(C)S(=O)(=O)c1ccc(C(=O)O)cc1N. The first-order valence-electron chi connectivity index (χ1n) is 5.90. The summed E-state index contributed by atoms with van der Waals surface area (Å²) in [4.78, 5) is 12.6. The molecule has 1 aromatic carbocycles. The fraction of sp³-hybridized carbons (Fsp3) is 0.417. The second-order valence-electron chi connectivity index (χ2n) is 4.69. The van der Waals surface area contributed by atoms with Gasteiger partial charge in [-0.1, -0.05) is 0 Å². The molecule has 0 aliphatic carbocycles. The summed E-state index contributed by atoms with van der Waals surface area (Å²) in [5, 5.41) is 8.84. The molecule has 0 radical (unpaired) electrons. The molecular formula is C12H19N3O4S. The van der Waals surface area contributed by atoms with E-state index in [1.54, 1.807) is 0 Å². The highest BCUT2D eigenvalue weighted by Gasteiger charge is 2.23. The molecule has 7 nitrogen and oxygen atoms in total. The summed E-state index contributed by atoms with van der Waals surface area (Å²) in [5.41, 5.74) is 5.55. The highest BCUT2D eigenvalue weighted by atomic mass is 32.2. The third-order valence-corrected chi connectivity index (χ3v) is 4.74. The summed E-state index contributed by atoms with van der Waals surface area (Å²) in [6.07, 6.45) is 0. The lowest BCUT2D eigenvalue weighted by Gasteiger charge is -2.20. The van der Waals surface area contributed by atoms with E-state index in [-0.39, 0.29) is 16.1 Å². The zero-order valence-corrected chi connectivity index (χ0v) is 12.5. The first kappa shape index (κ1) is 16.4. The number of aromatic carboxylic acids is 1. The van der Waals surface area contributed by atoms with E-state index >= 15 is 0 Å². The van der Waals surface area contributed by atoms with E-state index in [2.05, 4.69) is 0 Å². The molecule has 0 saturated carbocycles. The lowest BCUT2D eigenvalue weighted by atomic mass is 10.2. The van der Waals surface area contributed by atoms with Gasteiger partial charge in [0.1, 0.15) is 4.90 Å². The van der Waals surface area contributed by atoms with Crippen LogP contribution in [0.1, 0.15) is 10.4 Å². The van der Waals surface area contributed by atoms with Crippen LogP contribution in [0.4, 0.5) is 5.69 Å². The van der Waals surface area contributed by atoms with Crippen molar-refractivity contribution >= 4 is 21.7 Å². The van der Waals surface area contributed by atoms with E-state index in [1.165, 1.54) is 23.5 Å². The molecule has 0 spiro atoms. The molecule has 0 atom stereocenters. The van der Waals surface area contributed by atoms with Gasteiger partial charge in [0.15, 0.2) is 0 Å². The van der Waals surface area contributed by atoms with Crippen LogP contribution in [-0.2, 0) is 10.0 Å². The van der Waals surface area contributed by atoms with E-state index in [0.29, 0.717) is 13.1 Å². The molecule has 0 saturated heterocycles. The lowest BCUT2D eigenvalue weighted by Crippen LogP contribution is -2.33. The molecular weight excluding hydrogens is 282 g/mol. The summed E-state index contributed by atoms with van der Waals surface area (Å²) in [7, 11) is 1.43. The third-order valence-electron chi connectivity index (χ3n) is 2.81. The van der Waals surface area contributed by atoms with Crippen molar-refractivity contribution in [3.63, 3.8) is 0 Å². The van der Waals surface area contributed by atoms with Crippen LogP contribution < -0.4 is 5.73 Å². The maximum absolute atomic E-state index is 12.3. The van der Waals surface area contributed by atoms with E-state index in [0.717, 1.165) is 6.07 Å². The summed E-state index contributed by atoms with van der Waals surface area (Å²) in [5.74, 6) is -1.15. The molecule has 1 rings (SSSR count). The van der Waals surface area contributed by atoms with Crippen molar-refractivity contribution in [1.29, 1.82) is 0 Å². The normalized spacial score (nSPS) is 12.1. The topological polar surface area (TPSA) is 104 Å². The largest absolute Gasteiger partial charge is 0.478 e. The van der Waals surface area contributed by atoms with Crippen LogP contribution in [0.3, 0.4) is 0 Å². The minimum Gasteiger partial charge on any atom is -0.478 e. The molecule has 0 fully saturated rings. The van der Waals surface area contributed by atoms with Crippen molar-refractivity contribution < 1.29 is 18.3 Å². The van der Waals surface area contributed by atoms with Gasteiger partial charge in [-0.15, -0.1) is 0 Å². The Labute approximate surface area is 118 Å². The predicted molar refractivity (Wildman–Crippen MR) is 76.2 cm³/mol. The molecule has 3 N–H and O–H groups in total. The number of nitrogens with two attached hydrogens (primary N) is 1. The fourth-order valence-corrected chi connectivity index (χ4v) is 2.80. The number of nitrogens with zero attached hydrogens (tertiary/aromatic N) is 2. The van der Waals surface area contributed by atoms with Crippen LogP contribution in [0.2, 0.25) is 0 Å². The molecule has 8 heteroatoms. The molecule has 0 bridgehead atoms. The Hall–Kier alpha value is -1.64. The van der Waals surface area contributed by atoms with E-state index in [4.69, 9.17) is 10.8 Å². The van der Waals surface area contributed by atoms with Gasteiger partial charge >= 0.3 is 5.97 Å². The predicted octanol–water partition coefficient (Wildman–Crippen LogP) is 0.149. The molecule has 0 aliphatic rings. The standard InChI is InChI=1S/C12H19N3O4S/c1-14(2)6-7-15(3)20(18,19)11-5-4-9(12(16)17)8-10(11)13/h4-5,8H,6-7,13H2,1-3H3,(H,16,17). The first-order valence-corrected chi connectivity index (χ1v) is 7.34. The number of benzene rings is 1. The summed E-state index contributed by atoms with van der Waals surface area (Å²) >= 11 is 0. The van der Waals surface area contributed by atoms with Crippen LogP contribution in [-0.4, -0.2) is 62.9 Å². The summed E-state index contributed by atoms with van der Waals surface area (Å²) in [6.45, 7) is 0.887. The third kappa shape index (κ3) is 3.69. The molecule has 0 aromatic heterocycles. The maximum Gasteiger partial charge on any atom is 0.335 e. The number of carboxylic acid groups (broad SMARTS) is 1. The Morgan fingerprint density at radius 2 is 1.85 bits per heavy atom. The van der Waals surface area contributed by atoms with Gasteiger partial charge in [-0.3, -0.25) is 0 Å². The number of carbonyl (C=O) groups is 1. The maximum atomic E-state index is 12.3. The molecule has 0 heterocycles.